The Bertz CT molecular complexity index is 513. The van der Waals surface area contributed by atoms with E-state index in [9.17, 15) is 35.9 Å². The Balaban J connectivity index is 3.11. The molecule has 1 aliphatic rings. The minimum absolute atomic E-state index is 0.0545. The van der Waals surface area contributed by atoms with Gasteiger partial charge < -0.3 is 16.0 Å². The SMILES string of the molecule is CC1(C)C[C@@H](NC(=O)C(F)(F)F)[C@@H](NC(=O)C(F)(F)F)C(C)(C)[NH2+]1. The van der Waals surface area contributed by atoms with Crippen molar-refractivity contribution in [3.8, 4) is 0 Å². The minimum Gasteiger partial charge on any atom is -0.343 e. The van der Waals surface area contributed by atoms with Gasteiger partial charge in [-0.1, -0.05) is 0 Å². The quantitative estimate of drug-likeness (QED) is 0.628. The van der Waals surface area contributed by atoms with Crippen molar-refractivity contribution in [2.24, 2.45) is 0 Å². The second-order valence-corrected chi connectivity index (χ2v) is 7.19. The molecule has 1 aliphatic heterocycles. The highest BCUT2D eigenvalue weighted by molar-refractivity contribution is 5.83. The zero-order chi connectivity index (χ0) is 19.1. The molecule has 2 atom stereocenters. The number of alkyl halides is 6. The highest BCUT2D eigenvalue weighted by Crippen LogP contribution is 2.26. The summed E-state index contributed by atoms with van der Waals surface area (Å²) in [6, 6.07) is -2.65. The fraction of sp³-hybridized carbons (Fsp3) is 0.846. The largest absolute Gasteiger partial charge is 0.471 e. The van der Waals surface area contributed by atoms with Gasteiger partial charge in [-0.3, -0.25) is 9.59 Å². The molecule has 2 amide bonds. The Morgan fingerprint density at radius 2 is 1.33 bits per heavy atom. The lowest BCUT2D eigenvalue weighted by Crippen LogP contribution is -3.10. The average Bonchev–Trinajstić information content (AvgIpc) is 2.28. The van der Waals surface area contributed by atoms with Gasteiger partial charge in [-0.2, -0.15) is 26.3 Å². The van der Waals surface area contributed by atoms with Crippen LogP contribution < -0.4 is 16.0 Å². The summed E-state index contributed by atoms with van der Waals surface area (Å²) in [5.41, 5.74) is -1.72. The number of nitrogens with one attached hydrogen (secondary N) is 2. The van der Waals surface area contributed by atoms with Gasteiger partial charge in [0.05, 0.1) is 11.6 Å². The van der Waals surface area contributed by atoms with Gasteiger partial charge >= 0.3 is 24.2 Å². The van der Waals surface area contributed by atoms with E-state index >= 15 is 0 Å². The van der Waals surface area contributed by atoms with Crippen molar-refractivity contribution in [1.82, 2.24) is 10.6 Å². The molecule has 0 aromatic rings. The maximum absolute atomic E-state index is 12.5. The Morgan fingerprint density at radius 3 is 1.75 bits per heavy atom. The van der Waals surface area contributed by atoms with Crippen molar-refractivity contribution in [2.75, 3.05) is 0 Å². The van der Waals surface area contributed by atoms with Crippen LogP contribution in [0.15, 0.2) is 0 Å². The zero-order valence-electron chi connectivity index (χ0n) is 13.5. The molecule has 0 unspecified atom stereocenters. The van der Waals surface area contributed by atoms with E-state index < -0.39 is 47.3 Å². The highest BCUT2D eigenvalue weighted by Gasteiger charge is 2.54. The Kier molecular flexibility index (Phi) is 5.20. The van der Waals surface area contributed by atoms with E-state index in [4.69, 9.17) is 0 Å². The maximum Gasteiger partial charge on any atom is 0.471 e. The molecular formula is C13H20F6N3O2+. The summed E-state index contributed by atoms with van der Waals surface area (Å²) >= 11 is 0. The summed E-state index contributed by atoms with van der Waals surface area (Å²) in [5.74, 6) is -4.52. The lowest BCUT2D eigenvalue weighted by Gasteiger charge is -2.48. The standard InChI is InChI=1S/C13H19F6N3O2/c1-10(2)5-6(20-8(23)12(14,15)16)7(11(3,4)22-10)21-9(24)13(17,18)19/h6-7,22H,5H2,1-4H3,(H,20,23)(H,21,24)/p+1/t6-,7-/m1/s1. The number of nitrogens with two attached hydrogens (primary N) is 1. The molecule has 0 radical (unpaired) electrons. The number of hydrogen-bond acceptors (Lipinski definition) is 2. The van der Waals surface area contributed by atoms with E-state index in [1.807, 2.05) is 0 Å². The first-order valence-corrected chi connectivity index (χ1v) is 7.08. The van der Waals surface area contributed by atoms with E-state index in [-0.39, 0.29) is 6.42 Å². The summed E-state index contributed by atoms with van der Waals surface area (Å²) in [7, 11) is 0. The van der Waals surface area contributed by atoms with Gasteiger partial charge in [-0.05, 0) is 27.7 Å². The van der Waals surface area contributed by atoms with E-state index in [2.05, 4.69) is 0 Å². The fourth-order valence-corrected chi connectivity index (χ4v) is 3.25. The van der Waals surface area contributed by atoms with Gasteiger partial charge in [0.1, 0.15) is 11.6 Å². The number of amides is 2. The van der Waals surface area contributed by atoms with Crippen molar-refractivity contribution >= 4 is 11.8 Å². The van der Waals surface area contributed by atoms with Gasteiger partial charge in [0, 0.05) is 6.42 Å². The Morgan fingerprint density at radius 1 is 0.917 bits per heavy atom. The Labute approximate surface area is 134 Å². The molecule has 1 saturated heterocycles. The number of rotatable bonds is 2. The molecule has 4 N–H and O–H groups in total. The first-order chi connectivity index (χ1) is 10.5. The van der Waals surface area contributed by atoms with Crippen LogP contribution in [0, 0.1) is 0 Å². The smallest absolute Gasteiger partial charge is 0.343 e. The normalized spacial score (nSPS) is 26.6. The predicted octanol–water partition coefficient (Wildman–Crippen LogP) is 0.605. The lowest BCUT2D eigenvalue weighted by molar-refractivity contribution is -0.790. The number of halogens is 6. The summed E-state index contributed by atoms with van der Waals surface area (Å²) in [6.45, 7) is 6.34. The molecule has 140 valence electrons. The van der Waals surface area contributed by atoms with Crippen molar-refractivity contribution in [3.63, 3.8) is 0 Å². The van der Waals surface area contributed by atoms with Crippen LogP contribution in [0.25, 0.3) is 0 Å². The van der Waals surface area contributed by atoms with Gasteiger partial charge in [-0.15, -0.1) is 0 Å². The molecule has 1 rings (SSSR count). The molecule has 0 aromatic carbocycles. The van der Waals surface area contributed by atoms with Crippen molar-refractivity contribution in [2.45, 2.75) is 69.6 Å². The summed E-state index contributed by atoms with van der Waals surface area (Å²) in [5, 5.41) is 5.09. The molecule has 0 saturated carbocycles. The molecule has 0 aliphatic carbocycles. The van der Waals surface area contributed by atoms with Crippen LogP contribution in [0.2, 0.25) is 0 Å². The highest BCUT2D eigenvalue weighted by atomic mass is 19.4. The van der Waals surface area contributed by atoms with Crippen LogP contribution in [-0.2, 0) is 9.59 Å². The van der Waals surface area contributed by atoms with E-state index in [1.54, 1.807) is 29.8 Å². The Hall–Kier alpha value is -1.52. The summed E-state index contributed by atoms with van der Waals surface area (Å²) in [6.07, 6.45) is -10.4. The molecule has 1 fully saturated rings. The first-order valence-electron chi connectivity index (χ1n) is 7.08. The second kappa shape index (κ2) is 6.08. The zero-order valence-corrected chi connectivity index (χ0v) is 13.5. The third-order valence-corrected chi connectivity index (χ3v) is 3.83. The van der Waals surface area contributed by atoms with Crippen LogP contribution in [0.4, 0.5) is 26.3 Å². The number of quaternary nitrogens is 1. The third-order valence-electron chi connectivity index (χ3n) is 3.83. The molecule has 0 aromatic heterocycles. The third kappa shape index (κ3) is 4.99. The van der Waals surface area contributed by atoms with Crippen LogP contribution in [-0.4, -0.2) is 47.3 Å². The second-order valence-electron chi connectivity index (χ2n) is 7.19. The average molecular weight is 364 g/mol. The molecule has 11 heteroatoms. The maximum atomic E-state index is 12.5. The van der Waals surface area contributed by atoms with Gasteiger partial charge in [0.25, 0.3) is 0 Å². The molecule has 0 spiro atoms. The van der Waals surface area contributed by atoms with Crippen LogP contribution in [0.3, 0.4) is 0 Å². The van der Waals surface area contributed by atoms with Crippen molar-refractivity contribution in [3.05, 3.63) is 0 Å². The summed E-state index contributed by atoms with van der Waals surface area (Å²) < 4.78 is 74.9. The molecular weight excluding hydrogens is 344 g/mol. The van der Waals surface area contributed by atoms with Crippen molar-refractivity contribution in [1.29, 1.82) is 0 Å². The fourth-order valence-electron chi connectivity index (χ4n) is 3.25. The van der Waals surface area contributed by atoms with Gasteiger partial charge in [-0.25, -0.2) is 0 Å². The molecule has 5 nitrogen and oxygen atoms in total. The summed E-state index contributed by atoms with van der Waals surface area (Å²) in [4.78, 5) is 22.4. The number of carbonyl (C=O) groups excluding carboxylic acids is 2. The van der Waals surface area contributed by atoms with Gasteiger partial charge in [0.2, 0.25) is 0 Å². The van der Waals surface area contributed by atoms with Crippen LogP contribution >= 0.6 is 0 Å². The van der Waals surface area contributed by atoms with Crippen LogP contribution in [0.1, 0.15) is 34.1 Å². The molecule has 24 heavy (non-hydrogen) atoms. The van der Waals surface area contributed by atoms with Crippen molar-refractivity contribution < 1.29 is 41.2 Å². The molecule has 0 bridgehead atoms. The topological polar surface area (TPSA) is 74.8 Å². The lowest BCUT2D eigenvalue weighted by atomic mass is 9.75. The first kappa shape index (κ1) is 20.5. The predicted molar refractivity (Wildman–Crippen MR) is 70.7 cm³/mol. The van der Waals surface area contributed by atoms with E-state index in [0.717, 1.165) is 0 Å². The monoisotopic (exact) mass is 364 g/mol. The number of piperidine rings is 1. The van der Waals surface area contributed by atoms with E-state index in [1.165, 1.54) is 13.8 Å². The number of hydrogen-bond donors (Lipinski definition) is 3. The minimum atomic E-state index is -5.18. The molecule has 1 heterocycles. The number of carbonyl (C=O) groups is 2. The van der Waals surface area contributed by atoms with E-state index in [0.29, 0.717) is 0 Å². The van der Waals surface area contributed by atoms with Crippen LogP contribution in [0.5, 0.6) is 0 Å². The van der Waals surface area contributed by atoms with Gasteiger partial charge in [0.15, 0.2) is 0 Å².